The topological polar surface area (TPSA) is 77.2 Å². The molecule has 1 N–H and O–H groups in total. The molecule has 0 bridgehead atoms. The number of nitrogens with one attached hydrogen (secondary N) is 1. The molecule has 6 nitrogen and oxygen atoms in total. The second-order valence-corrected chi connectivity index (χ2v) is 6.10. The zero-order chi connectivity index (χ0) is 18.9. The van der Waals surface area contributed by atoms with Crippen LogP contribution in [0, 0.1) is 0 Å². The molecule has 1 amide bonds. The number of ether oxygens (including phenoxy) is 1. The van der Waals surface area contributed by atoms with Gasteiger partial charge in [-0.15, -0.1) is 0 Å². The van der Waals surface area contributed by atoms with E-state index in [2.05, 4.69) is 22.2 Å². The highest BCUT2D eigenvalue weighted by Gasteiger charge is 2.11. The van der Waals surface area contributed by atoms with E-state index in [1.807, 2.05) is 30.3 Å². The molecule has 0 spiro atoms. The van der Waals surface area contributed by atoms with E-state index in [1.165, 1.54) is 0 Å². The van der Waals surface area contributed by atoms with Crippen molar-refractivity contribution in [2.45, 2.75) is 32.7 Å². The van der Waals surface area contributed by atoms with Crippen molar-refractivity contribution in [3.8, 4) is 17.2 Å². The van der Waals surface area contributed by atoms with E-state index in [9.17, 15) is 4.79 Å². The van der Waals surface area contributed by atoms with Gasteiger partial charge in [-0.1, -0.05) is 19.1 Å². The fraction of sp³-hybridized carbons (Fsp3) is 0.286. The molecule has 0 aliphatic rings. The molecule has 2 aromatic heterocycles. The zero-order valence-corrected chi connectivity index (χ0v) is 15.4. The molecule has 1 aromatic carbocycles. The molecule has 0 saturated heterocycles. The number of nitrogens with zero attached hydrogens (tertiary/aromatic N) is 2. The van der Waals surface area contributed by atoms with E-state index >= 15 is 0 Å². The lowest BCUT2D eigenvalue weighted by Gasteiger charge is -2.08. The molecule has 0 unspecified atom stereocenters. The Morgan fingerprint density at radius 2 is 1.96 bits per heavy atom. The maximum atomic E-state index is 12.2. The maximum absolute atomic E-state index is 12.2. The molecule has 0 saturated carbocycles. The predicted octanol–water partition coefficient (Wildman–Crippen LogP) is 3.77. The van der Waals surface area contributed by atoms with Crippen LogP contribution in [0.15, 0.2) is 59.5 Å². The SMILES string of the molecule is CCCOc1ccc(CCC(=O)NCc2nccnc2-c2ccco2)cc1. The van der Waals surface area contributed by atoms with E-state index in [1.54, 1.807) is 24.7 Å². The van der Waals surface area contributed by atoms with Gasteiger partial charge >= 0.3 is 0 Å². The molecular formula is C21H23N3O3. The summed E-state index contributed by atoms with van der Waals surface area (Å²) in [6.07, 6.45) is 6.87. The van der Waals surface area contributed by atoms with E-state index in [-0.39, 0.29) is 5.91 Å². The molecule has 0 radical (unpaired) electrons. The first-order valence-corrected chi connectivity index (χ1v) is 9.08. The molecule has 27 heavy (non-hydrogen) atoms. The average molecular weight is 365 g/mol. The van der Waals surface area contributed by atoms with Crippen LogP contribution in [0.4, 0.5) is 0 Å². The van der Waals surface area contributed by atoms with Crippen LogP contribution >= 0.6 is 0 Å². The Kier molecular flexibility index (Phi) is 6.57. The standard InChI is InChI=1S/C21H23N3O3/c1-2-13-26-17-8-5-16(6-9-17)7-10-20(25)24-15-18-21(23-12-11-22-18)19-4-3-14-27-19/h3-6,8-9,11-12,14H,2,7,10,13,15H2,1H3,(H,24,25). The number of carbonyl (C=O) groups excluding carboxylic acids is 1. The summed E-state index contributed by atoms with van der Waals surface area (Å²) in [5.41, 5.74) is 2.42. The molecule has 0 aliphatic carbocycles. The number of furan rings is 1. The maximum Gasteiger partial charge on any atom is 0.220 e. The third kappa shape index (κ3) is 5.41. The van der Waals surface area contributed by atoms with Crippen LogP contribution in [-0.2, 0) is 17.8 Å². The Labute approximate surface area is 158 Å². The highest BCUT2D eigenvalue weighted by molar-refractivity contribution is 5.76. The fourth-order valence-corrected chi connectivity index (χ4v) is 2.62. The molecule has 0 fully saturated rings. The molecule has 0 atom stereocenters. The highest BCUT2D eigenvalue weighted by atomic mass is 16.5. The molecule has 3 rings (SSSR count). The molecular weight excluding hydrogens is 342 g/mol. The van der Waals surface area contributed by atoms with E-state index in [0.717, 1.165) is 17.7 Å². The van der Waals surface area contributed by atoms with Crippen LogP contribution in [0.1, 0.15) is 31.0 Å². The summed E-state index contributed by atoms with van der Waals surface area (Å²) in [7, 11) is 0. The van der Waals surface area contributed by atoms with Crippen LogP contribution in [0.5, 0.6) is 5.75 Å². The van der Waals surface area contributed by atoms with Crippen LogP contribution in [0.2, 0.25) is 0 Å². The van der Waals surface area contributed by atoms with Gasteiger partial charge in [0.2, 0.25) is 5.91 Å². The molecule has 140 valence electrons. The lowest BCUT2D eigenvalue weighted by molar-refractivity contribution is -0.121. The van der Waals surface area contributed by atoms with Crippen molar-refractivity contribution in [2.24, 2.45) is 0 Å². The van der Waals surface area contributed by atoms with E-state index in [0.29, 0.717) is 43.1 Å². The predicted molar refractivity (Wildman–Crippen MR) is 102 cm³/mol. The minimum atomic E-state index is -0.0302. The Balaban J connectivity index is 1.49. The second kappa shape index (κ2) is 9.52. The third-order valence-corrected chi connectivity index (χ3v) is 4.02. The zero-order valence-electron chi connectivity index (χ0n) is 15.4. The van der Waals surface area contributed by atoms with Gasteiger partial charge in [0.05, 0.1) is 25.1 Å². The minimum absolute atomic E-state index is 0.0302. The van der Waals surface area contributed by atoms with Gasteiger partial charge in [-0.25, -0.2) is 4.98 Å². The Morgan fingerprint density at radius 3 is 2.70 bits per heavy atom. The Hall–Kier alpha value is -3.15. The van der Waals surface area contributed by atoms with Crippen LogP contribution in [0.3, 0.4) is 0 Å². The van der Waals surface area contributed by atoms with Gasteiger partial charge in [-0.3, -0.25) is 9.78 Å². The summed E-state index contributed by atoms with van der Waals surface area (Å²) in [5.74, 6) is 1.47. The lowest BCUT2D eigenvalue weighted by atomic mass is 10.1. The lowest BCUT2D eigenvalue weighted by Crippen LogP contribution is -2.24. The normalized spacial score (nSPS) is 10.6. The first-order chi connectivity index (χ1) is 13.3. The van der Waals surface area contributed by atoms with Gasteiger partial charge in [0, 0.05) is 18.8 Å². The van der Waals surface area contributed by atoms with E-state index in [4.69, 9.17) is 9.15 Å². The molecule has 0 aliphatic heterocycles. The summed E-state index contributed by atoms with van der Waals surface area (Å²) >= 11 is 0. The minimum Gasteiger partial charge on any atom is -0.494 e. The fourth-order valence-electron chi connectivity index (χ4n) is 2.62. The summed E-state index contributed by atoms with van der Waals surface area (Å²) in [6, 6.07) is 11.5. The third-order valence-electron chi connectivity index (χ3n) is 4.02. The van der Waals surface area contributed by atoms with Crippen molar-refractivity contribution < 1.29 is 13.9 Å². The molecule has 2 heterocycles. The summed E-state index contributed by atoms with van der Waals surface area (Å²) in [5, 5.41) is 2.90. The number of benzene rings is 1. The van der Waals surface area contributed by atoms with Crippen LogP contribution in [-0.4, -0.2) is 22.5 Å². The number of amides is 1. The average Bonchev–Trinajstić information content (AvgIpc) is 3.25. The van der Waals surface area contributed by atoms with Gasteiger partial charge in [-0.2, -0.15) is 0 Å². The Bertz CT molecular complexity index is 845. The van der Waals surface area contributed by atoms with Crippen molar-refractivity contribution in [3.05, 3.63) is 66.3 Å². The van der Waals surface area contributed by atoms with Crippen molar-refractivity contribution in [2.75, 3.05) is 6.61 Å². The molecule has 3 aromatic rings. The smallest absolute Gasteiger partial charge is 0.220 e. The number of hydrogen-bond acceptors (Lipinski definition) is 5. The first-order valence-electron chi connectivity index (χ1n) is 9.08. The Morgan fingerprint density at radius 1 is 1.15 bits per heavy atom. The molecule has 6 heteroatoms. The summed E-state index contributed by atoms with van der Waals surface area (Å²) in [4.78, 5) is 20.8. The van der Waals surface area contributed by atoms with Crippen molar-refractivity contribution in [3.63, 3.8) is 0 Å². The second-order valence-electron chi connectivity index (χ2n) is 6.10. The summed E-state index contributed by atoms with van der Waals surface area (Å²) < 4.78 is 10.9. The van der Waals surface area contributed by atoms with Crippen molar-refractivity contribution >= 4 is 5.91 Å². The number of carbonyl (C=O) groups is 1. The van der Waals surface area contributed by atoms with Gasteiger partial charge in [0.15, 0.2) is 5.76 Å². The van der Waals surface area contributed by atoms with Gasteiger partial charge in [0.25, 0.3) is 0 Å². The number of rotatable bonds is 9. The monoisotopic (exact) mass is 365 g/mol. The van der Waals surface area contributed by atoms with Gasteiger partial charge in [0.1, 0.15) is 11.4 Å². The first kappa shape index (κ1) is 18.6. The van der Waals surface area contributed by atoms with Gasteiger partial charge in [-0.05, 0) is 42.7 Å². The largest absolute Gasteiger partial charge is 0.494 e. The summed E-state index contributed by atoms with van der Waals surface area (Å²) in [6.45, 7) is 3.10. The van der Waals surface area contributed by atoms with Gasteiger partial charge < -0.3 is 14.5 Å². The van der Waals surface area contributed by atoms with E-state index < -0.39 is 0 Å². The highest BCUT2D eigenvalue weighted by Crippen LogP contribution is 2.19. The number of aromatic nitrogens is 2. The number of aryl methyl sites for hydroxylation is 1. The van der Waals surface area contributed by atoms with Crippen molar-refractivity contribution in [1.29, 1.82) is 0 Å². The van der Waals surface area contributed by atoms with Crippen LogP contribution in [0.25, 0.3) is 11.5 Å². The van der Waals surface area contributed by atoms with Crippen molar-refractivity contribution in [1.82, 2.24) is 15.3 Å². The van der Waals surface area contributed by atoms with Crippen LogP contribution < -0.4 is 10.1 Å². The number of hydrogen-bond donors (Lipinski definition) is 1. The quantitative estimate of drug-likeness (QED) is 0.624.